The Morgan fingerprint density at radius 1 is 1.17 bits per heavy atom. The summed E-state index contributed by atoms with van der Waals surface area (Å²) >= 11 is 0. The molecule has 1 aromatic carbocycles. The van der Waals surface area contributed by atoms with Gasteiger partial charge in [0.2, 0.25) is 10.0 Å². The monoisotopic (exact) mass is 416 g/mol. The lowest BCUT2D eigenvalue weighted by Crippen LogP contribution is -2.22. The highest BCUT2D eigenvalue weighted by atomic mass is 32.2. The topological polar surface area (TPSA) is 110 Å². The number of anilines is 1. The number of esters is 1. The maximum absolute atomic E-state index is 12.5. The van der Waals surface area contributed by atoms with Crippen molar-refractivity contribution in [1.82, 2.24) is 13.9 Å². The van der Waals surface area contributed by atoms with Crippen molar-refractivity contribution >= 4 is 33.1 Å². The standard InChI is InChI=1S/C19H20N4O5S/c1-4-28-19(25)16-12-20-23-10-9-14(11-17(16)23)21-18(24)13-5-7-15(8-6-13)29(26,27)22(2)3/h5-12H,4H2,1-3H3,(H,21,24). The predicted molar refractivity (Wildman–Crippen MR) is 106 cm³/mol. The smallest absolute Gasteiger partial charge is 0.341 e. The summed E-state index contributed by atoms with van der Waals surface area (Å²) < 4.78 is 31.8. The highest BCUT2D eigenvalue weighted by Gasteiger charge is 2.18. The van der Waals surface area contributed by atoms with Crippen LogP contribution >= 0.6 is 0 Å². The SMILES string of the molecule is CCOC(=O)c1cnn2ccc(NC(=O)c3ccc(S(=O)(=O)N(C)C)cc3)cc12. The second kappa shape index (κ2) is 8.02. The van der Waals surface area contributed by atoms with Crippen LogP contribution in [-0.2, 0) is 14.8 Å². The number of sulfonamides is 1. The number of carbonyl (C=O) groups excluding carboxylic acids is 2. The van der Waals surface area contributed by atoms with Crippen LogP contribution in [0.5, 0.6) is 0 Å². The van der Waals surface area contributed by atoms with Gasteiger partial charge >= 0.3 is 5.97 Å². The van der Waals surface area contributed by atoms with Crippen LogP contribution in [0.1, 0.15) is 27.6 Å². The molecule has 9 nitrogen and oxygen atoms in total. The third-order valence-corrected chi connectivity index (χ3v) is 6.00. The summed E-state index contributed by atoms with van der Waals surface area (Å²) in [5.41, 5.74) is 1.54. The van der Waals surface area contributed by atoms with Crippen molar-refractivity contribution in [3.8, 4) is 0 Å². The second-order valence-corrected chi connectivity index (χ2v) is 8.44. The van der Waals surface area contributed by atoms with Crippen molar-refractivity contribution in [1.29, 1.82) is 0 Å². The molecule has 29 heavy (non-hydrogen) atoms. The fourth-order valence-corrected chi connectivity index (χ4v) is 3.52. The van der Waals surface area contributed by atoms with Gasteiger partial charge in [0.1, 0.15) is 5.56 Å². The molecule has 3 rings (SSSR count). The van der Waals surface area contributed by atoms with E-state index in [9.17, 15) is 18.0 Å². The minimum atomic E-state index is -3.57. The Balaban J connectivity index is 1.82. The molecule has 0 bridgehead atoms. The van der Waals surface area contributed by atoms with Gasteiger partial charge < -0.3 is 10.1 Å². The van der Waals surface area contributed by atoms with Crippen molar-refractivity contribution in [3.05, 3.63) is 59.9 Å². The molecule has 0 aliphatic carbocycles. The molecule has 1 amide bonds. The molecule has 0 spiro atoms. The maximum atomic E-state index is 12.5. The van der Waals surface area contributed by atoms with E-state index in [1.165, 1.54) is 49.1 Å². The number of benzene rings is 1. The number of ether oxygens (including phenoxy) is 1. The molecule has 10 heteroatoms. The van der Waals surface area contributed by atoms with Gasteiger partial charge in [-0.1, -0.05) is 0 Å². The van der Waals surface area contributed by atoms with Gasteiger partial charge in [-0.2, -0.15) is 5.10 Å². The van der Waals surface area contributed by atoms with Crippen molar-refractivity contribution in [2.75, 3.05) is 26.0 Å². The van der Waals surface area contributed by atoms with E-state index in [4.69, 9.17) is 4.74 Å². The maximum Gasteiger partial charge on any atom is 0.341 e. The van der Waals surface area contributed by atoms with Gasteiger partial charge in [0.15, 0.2) is 0 Å². The summed E-state index contributed by atoms with van der Waals surface area (Å²) in [4.78, 5) is 24.6. The first-order valence-electron chi connectivity index (χ1n) is 8.72. The zero-order chi connectivity index (χ0) is 21.2. The third kappa shape index (κ3) is 4.13. The molecular weight excluding hydrogens is 396 g/mol. The van der Waals surface area contributed by atoms with E-state index in [0.717, 1.165) is 4.31 Å². The Morgan fingerprint density at radius 3 is 2.48 bits per heavy atom. The fourth-order valence-electron chi connectivity index (χ4n) is 2.62. The molecular formula is C19H20N4O5S. The number of rotatable bonds is 6. The summed E-state index contributed by atoms with van der Waals surface area (Å²) in [6.45, 7) is 1.95. The number of aromatic nitrogens is 2. The lowest BCUT2D eigenvalue weighted by atomic mass is 10.2. The summed E-state index contributed by atoms with van der Waals surface area (Å²) in [6.07, 6.45) is 3.02. The third-order valence-electron chi connectivity index (χ3n) is 4.17. The Bertz CT molecular complexity index is 1170. The van der Waals surface area contributed by atoms with Gasteiger partial charge in [-0.05, 0) is 43.3 Å². The molecule has 152 valence electrons. The van der Waals surface area contributed by atoms with E-state index in [2.05, 4.69) is 10.4 Å². The molecule has 0 unspecified atom stereocenters. The molecule has 0 fully saturated rings. The van der Waals surface area contributed by atoms with E-state index < -0.39 is 21.9 Å². The minimum absolute atomic E-state index is 0.0961. The molecule has 0 saturated carbocycles. The molecule has 2 aromatic heterocycles. The average Bonchev–Trinajstić information content (AvgIpc) is 3.11. The zero-order valence-corrected chi connectivity index (χ0v) is 16.9. The van der Waals surface area contributed by atoms with Gasteiger partial charge in [0.25, 0.3) is 5.91 Å². The highest BCUT2D eigenvalue weighted by molar-refractivity contribution is 7.89. The lowest BCUT2D eigenvalue weighted by Gasteiger charge is -2.11. The number of carbonyl (C=O) groups is 2. The molecule has 0 atom stereocenters. The average molecular weight is 416 g/mol. The summed E-state index contributed by atoms with van der Waals surface area (Å²) in [5, 5.41) is 6.82. The number of nitrogens with zero attached hydrogens (tertiary/aromatic N) is 3. The number of hydrogen-bond donors (Lipinski definition) is 1. The first-order valence-corrected chi connectivity index (χ1v) is 10.2. The Kier molecular flexibility index (Phi) is 5.66. The first kappa shape index (κ1) is 20.5. The van der Waals surface area contributed by atoms with Crippen molar-refractivity contribution in [2.45, 2.75) is 11.8 Å². The number of amides is 1. The van der Waals surface area contributed by atoms with E-state index in [1.54, 1.807) is 25.3 Å². The molecule has 0 saturated heterocycles. The van der Waals surface area contributed by atoms with Crippen molar-refractivity contribution in [3.63, 3.8) is 0 Å². The van der Waals surface area contributed by atoms with Gasteiger partial charge in [-0.3, -0.25) is 4.79 Å². The fraction of sp³-hybridized carbons (Fsp3) is 0.211. The Morgan fingerprint density at radius 2 is 1.86 bits per heavy atom. The van der Waals surface area contributed by atoms with Crippen molar-refractivity contribution in [2.24, 2.45) is 0 Å². The van der Waals surface area contributed by atoms with Crippen LogP contribution in [-0.4, -0.2) is 54.9 Å². The van der Waals surface area contributed by atoms with Crippen LogP contribution in [0.25, 0.3) is 5.52 Å². The van der Waals surface area contributed by atoms with Crippen LogP contribution in [0, 0.1) is 0 Å². The number of pyridine rings is 1. The van der Waals surface area contributed by atoms with Crippen molar-refractivity contribution < 1.29 is 22.7 Å². The molecule has 2 heterocycles. The lowest BCUT2D eigenvalue weighted by molar-refractivity contribution is 0.0528. The molecule has 0 radical (unpaired) electrons. The molecule has 0 aliphatic rings. The van der Waals surface area contributed by atoms with E-state index in [-0.39, 0.29) is 11.5 Å². The normalized spacial score (nSPS) is 11.6. The summed E-state index contributed by atoms with van der Waals surface area (Å²) in [5.74, 6) is -0.913. The van der Waals surface area contributed by atoms with Gasteiger partial charge in [0, 0.05) is 31.5 Å². The molecule has 1 N–H and O–H groups in total. The second-order valence-electron chi connectivity index (χ2n) is 6.29. The van der Waals surface area contributed by atoms with Crippen LogP contribution < -0.4 is 5.32 Å². The van der Waals surface area contributed by atoms with E-state index in [1.807, 2.05) is 0 Å². The van der Waals surface area contributed by atoms with Crippen LogP contribution in [0.2, 0.25) is 0 Å². The Labute approximate surface area is 167 Å². The van der Waals surface area contributed by atoms with Crippen LogP contribution in [0.3, 0.4) is 0 Å². The molecule has 0 aliphatic heterocycles. The van der Waals surface area contributed by atoms with Crippen LogP contribution in [0.4, 0.5) is 5.69 Å². The Hall–Kier alpha value is -3.24. The van der Waals surface area contributed by atoms with Gasteiger partial charge in [-0.25, -0.2) is 22.0 Å². The molecule has 3 aromatic rings. The largest absolute Gasteiger partial charge is 0.462 e. The first-order chi connectivity index (χ1) is 13.7. The van der Waals surface area contributed by atoms with Crippen LogP contribution in [0.15, 0.2) is 53.7 Å². The zero-order valence-electron chi connectivity index (χ0n) is 16.1. The summed E-state index contributed by atoms with van der Waals surface area (Å²) in [7, 11) is -0.691. The van der Waals surface area contributed by atoms with Gasteiger partial charge in [0.05, 0.1) is 23.2 Å². The van der Waals surface area contributed by atoms with Gasteiger partial charge in [-0.15, -0.1) is 0 Å². The quantitative estimate of drug-likeness (QED) is 0.616. The number of hydrogen-bond acceptors (Lipinski definition) is 6. The highest BCUT2D eigenvalue weighted by Crippen LogP contribution is 2.19. The van der Waals surface area contributed by atoms with E-state index in [0.29, 0.717) is 22.3 Å². The number of nitrogens with one attached hydrogen (secondary N) is 1. The summed E-state index contributed by atoms with van der Waals surface area (Å²) in [6, 6.07) is 8.88. The van der Waals surface area contributed by atoms with E-state index >= 15 is 0 Å². The number of fused-ring (bicyclic) bond motifs is 1. The predicted octanol–water partition coefficient (Wildman–Crippen LogP) is 2.01. The minimum Gasteiger partial charge on any atom is -0.462 e.